The van der Waals surface area contributed by atoms with E-state index in [1.165, 1.54) is 18.2 Å². The highest BCUT2D eigenvalue weighted by molar-refractivity contribution is 6.30. The van der Waals surface area contributed by atoms with E-state index < -0.39 is 11.9 Å². The van der Waals surface area contributed by atoms with Crippen LogP contribution in [0.1, 0.15) is 24.9 Å². The van der Waals surface area contributed by atoms with Crippen LogP contribution in [0.2, 0.25) is 5.02 Å². The molecule has 70 valence electrons. The van der Waals surface area contributed by atoms with Crippen LogP contribution in [0.5, 0.6) is 0 Å². The van der Waals surface area contributed by atoms with Gasteiger partial charge >= 0.3 is 0 Å². The monoisotopic (exact) mass is 201 g/mol. The summed E-state index contributed by atoms with van der Waals surface area (Å²) in [6, 6.07) is 3.48. The minimum Gasteiger partial charge on any atom is -0.207 e. The number of rotatable bonds is 3. The molecule has 0 heterocycles. The Hall–Kier alpha value is -0.960. The quantitative estimate of drug-likeness (QED) is 0.686. The van der Waals surface area contributed by atoms with E-state index in [0.29, 0.717) is 11.4 Å². The highest BCUT2D eigenvalue weighted by atomic mass is 35.5. The molecule has 1 aromatic carbocycles. The second-order valence-corrected chi connectivity index (χ2v) is 3.13. The van der Waals surface area contributed by atoms with E-state index in [9.17, 15) is 9.30 Å². The van der Waals surface area contributed by atoms with Gasteiger partial charge in [0.1, 0.15) is 11.9 Å². The Labute approximate surface area is 80.7 Å². The molecule has 0 aromatic heterocycles. The van der Waals surface area contributed by atoms with E-state index in [1.807, 2.05) is 0 Å². The summed E-state index contributed by atoms with van der Waals surface area (Å²) < 4.78 is 13.1. The highest BCUT2D eigenvalue weighted by Crippen LogP contribution is 2.26. The summed E-state index contributed by atoms with van der Waals surface area (Å²) in [5.74, 6) is -0.434. The number of hydrogen-bond acceptors (Lipinski definition) is 2. The van der Waals surface area contributed by atoms with Crippen LogP contribution < -0.4 is 0 Å². The van der Waals surface area contributed by atoms with Crippen molar-refractivity contribution in [3.63, 3.8) is 0 Å². The Kier molecular flexibility index (Phi) is 3.37. The molecule has 0 bridgehead atoms. The largest absolute Gasteiger partial charge is 0.207 e. The van der Waals surface area contributed by atoms with Crippen LogP contribution in [0.4, 0.5) is 4.39 Å². The number of nitroso groups, excluding NO2 is 1. The van der Waals surface area contributed by atoms with Gasteiger partial charge in [-0.1, -0.05) is 23.7 Å². The first kappa shape index (κ1) is 10.1. The lowest BCUT2D eigenvalue weighted by Crippen LogP contribution is -1.96. The van der Waals surface area contributed by atoms with Gasteiger partial charge in [0, 0.05) is 10.6 Å². The summed E-state index contributed by atoms with van der Waals surface area (Å²) in [7, 11) is 0. The third-order valence-corrected chi connectivity index (χ3v) is 2.07. The molecule has 0 fully saturated rings. The van der Waals surface area contributed by atoms with Gasteiger partial charge in [0.05, 0.1) is 0 Å². The average molecular weight is 202 g/mol. The van der Waals surface area contributed by atoms with Crippen molar-refractivity contribution in [2.24, 2.45) is 5.18 Å². The van der Waals surface area contributed by atoms with Gasteiger partial charge in [-0.05, 0) is 24.6 Å². The maximum Gasteiger partial charge on any atom is 0.128 e. The first-order chi connectivity index (χ1) is 6.19. The lowest BCUT2D eigenvalue weighted by atomic mass is 10.1. The Morgan fingerprint density at radius 1 is 1.62 bits per heavy atom. The Morgan fingerprint density at radius 2 is 2.31 bits per heavy atom. The van der Waals surface area contributed by atoms with Gasteiger partial charge in [-0.2, -0.15) is 4.91 Å². The van der Waals surface area contributed by atoms with Crippen molar-refractivity contribution in [1.82, 2.24) is 0 Å². The minimum atomic E-state index is -0.640. The third kappa shape index (κ3) is 2.25. The van der Waals surface area contributed by atoms with Gasteiger partial charge in [-0.25, -0.2) is 4.39 Å². The topological polar surface area (TPSA) is 29.4 Å². The molecule has 1 rings (SSSR count). The Morgan fingerprint density at radius 3 is 2.85 bits per heavy atom. The smallest absolute Gasteiger partial charge is 0.128 e. The summed E-state index contributed by atoms with van der Waals surface area (Å²) in [6.45, 7) is 1.77. The van der Waals surface area contributed by atoms with E-state index >= 15 is 0 Å². The van der Waals surface area contributed by atoms with Gasteiger partial charge < -0.3 is 0 Å². The number of halogens is 2. The first-order valence-corrected chi connectivity index (χ1v) is 4.34. The summed E-state index contributed by atoms with van der Waals surface area (Å²) in [5.41, 5.74) is 0.269. The number of nitrogens with zero attached hydrogens (tertiary/aromatic N) is 1. The molecule has 0 spiro atoms. The summed E-state index contributed by atoms with van der Waals surface area (Å²) in [4.78, 5) is 10.3. The number of benzene rings is 1. The van der Waals surface area contributed by atoms with Crippen LogP contribution in [-0.2, 0) is 0 Å². The van der Waals surface area contributed by atoms with Crippen LogP contribution in [-0.4, -0.2) is 0 Å². The first-order valence-electron chi connectivity index (χ1n) is 3.96. The molecule has 13 heavy (non-hydrogen) atoms. The molecule has 0 aliphatic carbocycles. The SMILES string of the molecule is CCC(N=O)c1cc(Cl)ccc1F. The van der Waals surface area contributed by atoms with Crippen LogP contribution in [0.15, 0.2) is 23.4 Å². The minimum absolute atomic E-state index is 0.269. The normalized spacial score (nSPS) is 12.5. The average Bonchev–Trinajstić information content (AvgIpc) is 2.13. The summed E-state index contributed by atoms with van der Waals surface area (Å²) in [6.07, 6.45) is 0.473. The summed E-state index contributed by atoms with van der Waals surface area (Å²) >= 11 is 5.66. The molecular weight excluding hydrogens is 193 g/mol. The third-order valence-electron chi connectivity index (χ3n) is 1.83. The van der Waals surface area contributed by atoms with Crippen molar-refractivity contribution >= 4 is 11.6 Å². The van der Waals surface area contributed by atoms with E-state index in [-0.39, 0.29) is 5.56 Å². The van der Waals surface area contributed by atoms with E-state index in [2.05, 4.69) is 5.18 Å². The molecule has 2 nitrogen and oxygen atoms in total. The molecule has 1 unspecified atom stereocenters. The molecule has 1 aromatic rings. The van der Waals surface area contributed by atoms with Crippen molar-refractivity contribution in [2.75, 3.05) is 0 Å². The molecule has 4 heteroatoms. The number of hydrogen-bond donors (Lipinski definition) is 0. The van der Waals surface area contributed by atoms with Crippen molar-refractivity contribution in [2.45, 2.75) is 19.4 Å². The van der Waals surface area contributed by atoms with Crippen molar-refractivity contribution < 1.29 is 4.39 Å². The van der Waals surface area contributed by atoms with Crippen LogP contribution in [0.3, 0.4) is 0 Å². The maximum absolute atomic E-state index is 13.1. The molecule has 0 saturated carbocycles. The van der Waals surface area contributed by atoms with E-state index in [0.717, 1.165) is 0 Å². The lowest BCUT2D eigenvalue weighted by Gasteiger charge is -2.07. The molecule has 1 atom stereocenters. The zero-order valence-electron chi connectivity index (χ0n) is 7.13. The molecule has 0 radical (unpaired) electrons. The van der Waals surface area contributed by atoms with Gasteiger partial charge in [0.25, 0.3) is 0 Å². The second-order valence-electron chi connectivity index (χ2n) is 2.70. The zero-order valence-corrected chi connectivity index (χ0v) is 7.88. The van der Waals surface area contributed by atoms with Crippen LogP contribution in [0.25, 0.3) is 0 Å². The van der Waals surface area contributed by atoms with Gasteiger partial charge in [-0.3, -0.25) is 0 Å². The maximum atomic E-state index is 13.1. The zero-order chi connectivity index (χ0) is 9.84. The predicted octanol–water partition coefficient (Wildman–Crippen LogP) is 3.70. The molecule has 0 aliphatic rings. The molecule has 0 N–H and O–H groups in total. The van der Waals surface area contributed by atoms with E-state index in [1.54, 1.807) is 6.92 Å². The van der Waals surface area contributed by atoms with Gasteiger partial charge in [-0.15, -0.1) is 0 Å². The fourth-order valence-corrected chi connectivity index (χ4v) is 1.30. The van der Waals surface area contributed by atoms with Crippen molar-refractivity contribution in [3.05, 3.63) is 39.5 Å². The van der Waals surface area contributed by atoms with Crippen LogP contribution >= 0.6 is 11.6 Å². The van der Waals surface area contributed by atoms with Gasteiger partial charge in [0.2, 0.25) is 0 Å². The van der Waals surface area contributed by atoms with Crippen molar-refractivity contribution in [3.8, 4) is 0 Å². The lowest BCUT2D eigenvalue weighted by molar-refractivity contribution is 0.575. The molecule has 0 aliphatic heterocycles. The second kappa shape index (κ2) is 4.33. The Bertz CT molecular complexity index is 316. The Balaban J connectivity index is 3.10. The van der Waals surface area contributed by atoms with E-state index in [4.69, 9.17) is 11.6 Å². The van der Waals surface area contributed by atoms with Gasteiger partial charge in [0.15, 0.2) is 0 Å². The molecular formula is C9H9ClFNO. The fraction of sp³-hybridized carbons (Fsp3) is 0.333. The fourth-order valence-electron chi connectivity index (χ4n) is 1.12. The standard InChI is InChI=1S/C9H9ClFNO/c1-2-9(12-13)7-5-6(10)3-4-8(7)11/h3-5,9H,2H2,1H3. The summed E-state index contributed by atoms with van der Waals surface area (Å²) in [5, 5.41) is 3.25. The molecule has 0 saturated heterocycles. The predicted molar refractivity (Wildman–Crippen MR) is 50.2 cm³/mol. The van der Waals surface area contributed by atoms with Crippen molar-refractivity contribution in [1.29, 1.82) is 0 Å². The van der Waals surface area contributed by atoms with Crippen LogP contribution in [0, 0.1) is 10.7 Å². The highest BCUT2D eigenvalue weighted by Gasteiger charge is 2.14. The molecule has 0 amide bonds.